The smallest absolute Gasteiger partial charge is 0.150 e. The summed E-state index contributed by atoms with van der Waals surface area (Å²) in [7, 11) is 0. The number of ether oxygens (including phenoxy) is 1. The lowest BCUT2D eigenvalue weighted by Crippen LogP contribution is -1.91. The number of nitrogens with zero attached hydrogens (tertiary/aromatic N) is 1. The molecule has 0 heterocycles. The first kappa shape index (κ1) is 13.2. The quantitative estimate of drug-likeness (QED) is 0.801. The van der Waals surface area contributed by atoms with Gasteiger partial charge in [-0.15, -0.1) is 0 Å². The van der Waals surface area contributed by atoms with Gasteiger partial charge in [-0.2, -0.15) is 5.26 Å². The standard InChI is InChI=1S/C14H7BrFNO2/c15-12-6-11(2-3-13(12)16)19-14-4-1-9(8-18)5-10(14)7-17/h1-6,8H. The van der Waals surface area contributed by atoms with Crippen LogP contribution in [0, 0.1) is 17.1 Å². The van der Waals surface area contributed by atoms with Crippen LogP contribution in [0.3, 0.4) is 0 Å². The topological polar surface area (TPSA) is 50.1 Å². The van der Waals surface area contributed by atoms with E-state index in [1.807, 2.05) is 6.07 Å². The highest BCUT2D eigenvalue weighted by atomic mass is 79.9. The minimum absolute atomic E-state index is 0.241. The maximum absolute atomic E-state index is 13.1. The van der Waals surface area contributed by atoms with Crippen molar-refractivity contribution in [3.8, 4) is 17.6 Å². The lowest BCUT2D eigenvalue weighted by molar-refractivity contribution is 0.112. The SMILES string of the molecule is N#Cc1cc(C=O)ccc1Oc1ccc(F)c(Br)c1. The van der Waals surface area contributed by atoms with Crippen molar-refractivity contribution in [3.05, 3.63) is 57.8 Å². The van der Waals surface area contributed by atoms with E-state index in [0.717, 1.165) is 0 Å². The molecule has 0 fully saturated rings. The third-order valence-electron chi connectivity index (χ3n) is 2.38. The highest BCUT2D eigenvalue weighted by molar-refractivity contribution is 9.10. The maximum Gasteiger partial charge on any atom is 0.150 e. The van der Waals surface area contributed by atoms with Crippen LogP contribution in [-0.2, 0) is 0 Å². The molecule has 2 aromatic carbocycles. The molecule has 2 rings (SSSR count). The second kappa shape index (κ2) is 5.63. The van der Waals surface area contributed by atoms with Gasteiger partial charge >= 0.3 is 0 Å². The lowest BCUT2D eigenvalue weighted by atomic mass is 10.1. The van der Waals surface area contributed by atoms with Crippen molar-refractivity contribution in [1.82, 2.24) is 0 Å². The second-order valence-electron chi connectivity index (χ2n) is 3.66. The number of rotatable bonds is 3. The number of hydrogen-bond donors (Lipinski definition) is 0. The van der Waals surface area contributed by atoms with Gasteiger partial charge in [0.15, 0.2) is 0 Å². The number of halogens is 2. The molecule has 0 atom stereocenters. The van der Waals surface area contributed by atoms with Gasteiger partial charge in [0.05, 0.1) is 10.0 Å². The Labute approximate surface area is 117 Å². The molecule has 0 aliphatic heterocycles. The van der Waals surface area contributed by atoms with Gasteiger partial charge in [-0.05, 0) is 52.3 Å². The Morgan fingerprint density at radius 3 is 2.68 bits per heavy atom. The molecule has 0 spiro atoms. The van der Waals surface area contributed by atoms with Gasteiger partial charge < -0.3 is 4.74 Å². The summed E-state index contributed by atoms with van der Waals surface area (Å²) < 4.78 is 18.9. The average molecular weight is 320 g/mol. The summed E-state index contributed by atoms with van der Waals surface area (Å²) in [5, 5.41) is 9.00. The van der Waals surface area contributed by atoms with E-state index in [1.165, 1.54) is 30.3 Å². The van der Waals surface area contributed by atoms with Crippen molar-refractivity contribution in [1.29, 1.82) is 5.26 Å². The number of aldehydes is 1. The summed E-state index contributed by atoms with van der Waals surface area (Å²) in [5.74, 6) is 0.305. The Morgan fingerprint density at radius 2 is 2.05 bits per heavy atom. The van der Waals surface area contributed by atoms with Crippen LogP contribution in [0.2, 0.25) is 0 Å². The molecule has 94 valence electrons. The molecule has 0 N–H and O–H groups in total. The minimum atomic E-state index is -0.399. The average Bonchev–Trinajstić information content (AvgIpc) is 2.43. The van der Waals surface area contributed by atoms with E-state index in [-0.39, 0.29) is 10.0 Å². The first-order valence-electron chi connectivity index (χ1n) is 5.26. The summed E-state index contributed by atoms with van der Waals surface area (Å²) in [5.41, 5.74) is 0.634. The molecule has 0 aliphatic rings. The Bertz CT molecular complexity index is 680. The van der Waals surface area contributed by atoms with Crippen molar-refractivity contribution in [2.45, 2.75) is 0 Å². The summed E-state index contributed by atoms with van der Waals surface area (Å²) in [4.78, 5) is 10.6. The maximum atomic E-state index is 13.1. The Morgan fingerprint density at radius 1 is 1.26 bits per heavy atom. The van der Waals surface area contributed by atoms with Gasteiger partial charge in [-0.3, -0.25) is 4.79 Å². The molecule has 0 aliphatic carbocycles. The predicted octanol–water partition coefficient (Wildman–Crippen LogP) is 4.06. The molecule has 3 nitrogen and oxygen atoms in total. The van der Waals surface area contributed by atoms with Crippen LogP contribution in [-0.4, -0.2) is 6.29 Å². The van der Waals surface area contributed by atoms with Crippen LogP contribution in [0.4, 0.5) is 4.39 Å². The first-order valence-corrected chi connectivity index (χ1v) is 6.05. The van der Waals surface area contributed by atoms with E-state index in [4.69, 9.17) is 10.00 Å². The first-order chi connectivity index (χ1) is 9.13. The summed E-state index contributed by atoms with van der Waals surface area (Å²) in [6, 6.07) is 10.6. The van der Waals surface area contributed by atoms with Gasteiger partial charge in [0.2, 0.25) is 0 Å². The fraction of sp³-hybridized carbons (Fsp3) is 0. The molecule has 0 bridgehead atoms. The van der Waals surface area contributed by atoms with Crippen LogP contribution < -0.4 is 4.74 Å². The Balaban J connectivity index is 2.35. The van der Waals surface area contributed by atoms with E-state index in [0.29, 0.717) is 23.3 Å². The third-order valence-corrected chi connectivity index (χ3v) is 2.99. The van der Waals surface area contributed by atoms with Gasteiger partial charge in [0.25, 0.3) is 0 Å². The normalized spacial score (nSPS) is 9.74. The van der Waals surface area contributed by atoms with Crippen LogP contribution in [0.1, 0.15) is 15.9 Å². The molecule has 0 saturated heterocycles. The van der Waals surface area contributed by atoms with Gasteiger partial charge in [-0.1, -0.05) is 0 Å². The van der Waals surface area contributed by atoms with Crippen molar-refractivity contribution in [2.24, 2.45) is 0 Å². The van der Waals surface area contributed by atoms with Crippen molar-refractivity contribution in [2.75, 3.05) is 0 Å². The molecule has 2 aromatic rings. The van der Waals surface area contributed by atoms with Crippen molar-refractivity contribution in [3.63, 3.8) is 0 Å². The summed E-state index contributed by atoms with van der Waals surface area (Å²) >= 11 is 3.05. The molecule has 5 heteroatoms. The second-order valence-corrected chi connectivity index (χ2v) is 4.52. The van der Waals surface area contributed by atoms with Gasteiger partial charge in [0, 0.05) is 5.56 Å². The highest BCUT2D eigenvalue weighted by Gasteiger charge is 2.07. The monoisotopic (exact) mass is 319 g/mol. The highest BCUT2D eigenvalue weighted by Crippen LogP contribution is 2.28. The van der Waals surface area contributed by atoms with E-state index in [9.17, 15) is 9.18 Å². The molecular formula is C14H7BrFNO2. The largest absolute Gasteiger partial charge is 0.456 e. The van der Waals surface area contributed by atoms with Crippen LogP contribution >= 0.6 is 15.9 Å². The van der Waals surface area contributed by atoms with E-state index in [2.05, 4.69) is 15.9 Å². The summed E-state index contributed by atoms with van der Waals surface area (Å²) in [6.07, 6.45) is 0.652. The third kappa shape index (κ3) is 2.98. The Hall–Kier alpha value is -2.19. The molecular weight excluding hydrogens is 313 g/mol. The molecule has 0 saturated carbocycles. The molecule has 0 aromatic heterocycles. The van der Waals surface area contributed by atoms with E-state index >= 15 is 0 Å². The molecule has 0 unspecified atom stereocenters. The van der Waals surface area contributed by atoms with E-state index < -0.39 is 5.82 Å². The zero-order valence-electron chi connectivity index (χ0n) is 9.56. The molecule has 0 radical (unpaired) electrons. The van der Waals surface area contributed by atoms with Gasteiger partial charge in [-0.25, -0.2) is 4.39 Å². The fourth-order valence-electron chi connectivity index (χ4n) is 1.46. The van der Waals surface area contributed by atoms with Gasteiger partial charge in [0.1, 0.15) is 29.7 Å². The zero-order valence-corrected chi connectivity index (χ0v) is 11.1. The number of carbonyl (C=O) groups is 1. The molecule has 0 amide bonds. The predicted molar refractivity (Wildman–Crippen MR) is 70.7 cm³/mol. The summed E-state index contributed by atoms with van der Waals surface area (Å²) in [6.45, 7) is 0. The van der Waals surface area contributed by atoms with Crippen LogP contribution in [0.5, 0.6) is 11.5 Å². The van der Waals surface area contributed by atoms with Crippen LogP contribution in [0.25, 0.3) is 0 Å². The van der Waals surface area contributed by atoms with Crippen molar-refractivity contribution < 1.29 is 13.9 Å². The van der Waals surface area contributed by atoms with E-state index in [1.54, 1.807) is 6.07 Å². The fourth-order valence-corrected chi connectivity index (χ4v) is 1.82. The zero-order chi connectivity index (χ0) is 13.8. The number of carbonyl (C=O) groups excluding carboxylic acids is 1. The Kier molecular flexibility index (Phi) is 3.93. The van der Waals surface area contributed by atoms with Crippen molar-refractivity contribution >= 4 is 22.2 Å². The number of hydrogen-bond acceptors (Lipinski definition) is 3. The lowest BCUT2D eigenvalue weighted by Gasteiger charge is -2.08. The van der Waals surface area contributed by atoms with Crippen LogP contribution in [0.15, 0.2) is 40.9 Å². The minimum Gasteiger partial charge on any atom is -0.456 e. The number of benzene rings is 2. The molecule has 19 heavy (non-hydrogen) atoms. The number of nitriles is 1.